The summed E-state index contributed by atoms with van der Waals surface area (Å²) in [6, 6.07) is 20.3. The zero-order valence-electron chi connectivity index (χ0n) is 16.5. The van der Waals surface area contributed by atoms with Gasteiger partial charge in [-0.1, -0.05) is 40.2 Å². The molecule has 0 bridgehead atoms. The van der Waals surface area contributed by atoms with Crippen molar-refractivity contribution in [1.29, 1.82) is 0 Å². The minimum atomic E-state index is -3.99. The molecule has 30 heavy (non-hydrogen) atoms. The summed E-state index contributed by atoms with van der Waals surface area (Å²) in [7, 11) is -2.46. The molecule has 0 aliphatic heterocycles. The van der Waals surface area contributed by atoms with Gasteiger partial charge in [0.1, 0.15) is 12.3 Å². The number of amides is 1. The number of aryl methyl sites for hydroxylation is 1. The molecule has 0 saturated carbocycles. The number of para-hydroxylation sites is 1. The Morgan fingerprint density at radius 3 is 2.40 bits per heavy atom. The topological polar surface area (TPSA) is 75.7 Å². The van der Waals surface area contributed by atoms with Crippen molar-refractivity contribution in [2.45, 2.75) is 11.8 Å². The van der Waals surface area contributed by atoms with Gasteiger partial charge >= 0.3 is 0 Å². The molecule has 0 aliphatic rings. The summed E-state index contributed by atoms with van der Waals surface area (Å²) in [5.74, 6) is 0.137. The van der Waals surface area contributed by atoms with E-state index in [-0.39, 0.29) is 11.4 Å². The van der Waals surface area contributed by atoms with E-state index in [0.29, 0.717) is 22.7 Å². The van der Waals surface area contributed by atoms with Crippen molar-refractivity contribution in [1.82, 2.24) is 0 Å². The van der Waals surface area contributed by atoms with Gasteiger partial charge in [0.15, 0.2) is 0 Å². The van der Waals surface area contributed by atoms with Crippen LogP contribution in [0.5, 0.6) is 5.75 Å². The molecule has 1 amide bonds. The van der Waals surface area contributed by atoms with Crippen LogP contribution in [0.4, 0.5) is 11.4 Å². The highest BCUT2D eigenvalue weighted by Gasteiger charge is 2.27. The van der Waals surface area contributed by atoms with Gasteiger partial charge in [-0.05, 0) is 61.0 Å². The Balaban J connectivity index is 1.94. The second-order valence-electron chi connectivity index (χ2n) is 6.54. The van der Waals surface area contributed by atoms with Crippen LogP contribution in [0, 0.1) is 6.92 Å². The van der Waals surface area contributed by atoms with Gasteiger partial charge in [0.25, 0.3) is 10.0 Å². The Labute approximate surface area is 184 Å². The van der Waals surface area contributed by atoms with E-state index in [9.17, 15) is 13.2 Å². The van der Waals surface area contributed by atoms with Gasteiger partial charge in [-0.2, -0.15) is 0 Å². The lowest BCUT2D eigenvalue weighted by atomic mass is 10.2. The van der Waals surface area contributed by atoms with E-state index in [1.54, 1.807) is 61.5 Å². The van der Waals surface area contributed by atoms with Crippen LogP contribution in [0.3, 0.4) is 0 Å². The highest BCUT2D eigenvalue weighted by molar-refractivity contribution is 9.10. The van der Waals surface area contributed by atoms with Crippen LogP contribution >= 0.6 is 15.9 Å². The van der Waals surface area contributed by atoms with E-state index in [0.717, 1.165) is 8.78 Å². The summed E-state index contributed by atoms with van der Waals surface area (Å²) in [5.41, 5.74) is 1.65. The van der Waals surface area contributed by atoms with Gasteiger partial charge < -0.3 is 10.1 Å². The Morgan fingerprint density at radius 2 is 1.77 bits per heavy atom. The van der Waals surface area contributed by atoms with Gasteiger partial charge in [0.2, 0.25) is 5.91 Å². The molecule has 0 aromatic heterocycles. The molecule has 1 N–H and O–H groups in total. The number of halogens is 1. The van der Waals surface area contributed by atoms with Crippen molar-refractivity contribution in [3.63, 3.8) is 0 Å². The number of ether oxygens (including phenoxy) is 1. The normalized spacial score (nSPS) is 11.0. The van der Waals surface area contributed by atoms with Crippen LogP contribution in [0.2, 0.25) is 0 Å². The average Bonchev–Trinajstić information content (AvgIpc) is 2.72. The number of sulfonamides is 1. The van der Waals surface area contributed by atoms with Crippen molar-refractivity contribution in [3.05, 3.63) is 82.8 Å². The molecule has 0 heterocycles. The Morgan fingerprint density at radius 1 is 1.03 bits per heavy atom. The van der Waals surface area contributed by atoms with Crippen LogP contribution in [-0.2, 0) is 14.8 Å². The minimum absolute atomic E-state index is 0.0832. The third-order valence-electron chi connectivity index (χ3n) is 4.39. The lowest BCUT2D eigenvalue weighted by Crippen LogP contribution is -2.38. The second-order valence-corrected chi connectivity index (χ2v) is 9.32. The smallest absolute Gasteiger partial charge is 0.264 e. The van der Waals surface area contributed by atoms with Crippen molar-refractivity contribution >= 4 is 43.2 Å². The molecule has 0 fully saturated rings. The van der Waals surface area contributed by atoms with Crippen molar-refractivity contribution in [2.75, 3.05) is 23.3 Å². The number of hydrogen-bond donors (Lipinski definition) is 1. The molecule has 0 atom stereocenters. The molecular formula is C22H21BrN2O4S. The van der Waals surface area contributed by atoms with Crippen LogP contribution in [-0.4, -0.2) is 28.0 Å². The van der Waals surface area contributed by atoms with Crippen molar-refractivity contribution in [3.8, 4) is 5.75 Å². The Kier molecular flexibility index (Phi) is 6.79. The first-order valence-electron chi connectivity index (χ1n) is 9.09. The van der Waals surface area contributed by atoms with Gasteiger partial charge in [0, 0.05) is 10.2 Å². The third-order valence-corrected chi connectivity index (χ3v) is 6.66. The first kappa shape index (κ1) is 21.9. The van der Waals surface area contributed by atoms with Crippen molar-refractivity contribution < 1.29 is 17.9 Å². The summed E-state index contributed by atoms with van der Waals surface area (Å²) in [5, 5.41) is 2.74. The van der Waals surface area contributed by atoms with Gasteiger partial charge in [-0.15, -0.1) is 0 Å². The minimum Gasteiger partial charge on any atom is -0.496 e. The van der Waals surface area contributed by atoms with E-state index in [1.807, 2.05) is 6.07 Å². The number of nitrogens with zero attached hydrogens (tertiary/aromatic N) is 1. The first-order valence-corrected chi connectivity index (χ1v) is 11.3. The number of benzene rings is 3. The van der Waals surface area contributed by atoms with Crippen LogP contribution in [0.1, 0.15) is 5.56 Å². The molecule has 3 rings (SSSR count). The largest absolute Gasteiger partial charge is 0.496 e. The quantitative estimate of drug-likeness (QED) is 0.527. The molecule has 156 valence electrons. The van der Waals surface area contributed by atoms with Gasteiger partial charge in [-0.3, -0.25) is 9.10 Å². The third kappa shape index (κ3) is 5.01. The maximum Gasteiger partial charge on any atom is 0.264 e. The fraction of sp³-hybridized carbons (Fsp3) is 0.136. The molecule has 0 saturated heterocycles. The predicted molar refractivity (Wildman–Crippen MR) is 121 cm³/mol. The Bertz CT molecular complexity index is 1150. The number of carbonyl (C=O) groups excluding carboxylic acids is 1. The molecule has 8 heteroatoms. The van der Waals surface area contributed by atoms with E-state index in [4.69, 9.17) is 4.74 Å². The molecule has 0 radical (unpaired) electrons. The molecule has 0 aliphatic carbocycles. The highest BCUT2D eigenvalue weighted by Crippen LogP contribution is 2.27. The van der Waals surface area contributed by atoms with E-state index in [1.165, 1.54) is 19.2 Å². The zero-order chi connectivity index (χ0) is 21.7. The van der Waals surface area contributed by atoms with E-state index < -0.39 is 15.9 Å². The SMILES string of the molecule is COc1ccc(S(=O)(=O)N(CC(=O)Nc2cccc(Br)c2)c2ccccc2)cc1C. The standard InChI is InChI=1S/C22H21BrN2O4S/c1-16-13-20(11-12-21(16)29-2)30(27,28)25(19-9-4-3-5-10-19)15-22(26)24-18-8-6-7-17(23)14-18/h3-14H,15H2,1-2H3,(H,24,26). The first-order chi connectivity index (χ1) is 14.3. The highest BCUT2D eigenvalue weighted by atomic mass is 79.9. The van der Waals surface area contributed by atoms with Gasteiger partial charge in [-0.25, -0.2) is 8.42 Å². The summed E-state index contributed by atoms with van der Waals surface area (Å²) < 4.78 is 34.0. The fourth-order valence-electron chi connectivity index (χ4n) is 2.95. The van der Waals surface area contributed by atoms with E-state index in [2.05, 4.69) is 21.2 Å². The number of nitrogens with one attached hydrogen (secondary N) is 1. The summed E-state index contributed by atoms with van der Waals surface area (Å²) in [6.45, 7) is 1.40. The van der Waals surface area contributed by atoms with Crippen LogP contribution < -0.4 is 14.4 Å². The predicted octanol–water partition coefficient (Wildman–Crippen LogP) is 4.60. The lowest BCUT2D eigenvalue weighted by Gasteiger charge is -2.24. The molecule has 0 unspecified atom stereocenters. The number of carbonyl (C=O) groups is 1. The molecule has 0 spiro atoms. The monoisotopic (exact) mass is 488 g/mol. The number of rotatable bonds is 7. The average molecular weight is 489 g/mol. The van der Waals surface area contributed by atoms with Gasteiger partial charge in [0.05, 0.1) is 17.7 Å². The summed E-state index contributed by atoms with van der Waals surface area (Å²) >= 11 is 3.35. The van der Waals surface area contributed by atoms with Crippen molar-refractivity contribution in [2.24, 2.45) is 0 Å². The molecule has 3 aromatic carbocycles. The number of methoxy groups -OCH3 is 1. The zero-order valence-corrected chi connectivity index (χ0v) is 18.9. The molecule has 6 nitrogen and oxygen atoms in total. The molecular weight excluding hydrogens is 468 g/mol. The fourth-order valence-corrected chi connectivity index (χ4v) is 4.85. The Hall–Kier alpha value is -2.84. The number of anilines is 2. The van der Waals surface area contributed by atoms with Crippen LogP contribution in [0.25, 0.3) is 0 Å². The number of hydrogen-bond acceptors (Lipinski definition) is 4. The maximum absolute atomic E-state index is 13.4. The second kappa shape index (κ2) is 9.32. The maximum atomic E-state index is 13.4. The summed E-state index contributed by atoms with van der Waals surface area (Å²) in [4.78, 5) is 12.8. The van der Waals surface area contributed by atoms with E-state index >= 15 is 0 Å². The lowest BCUT2D eigenvalue weighted by molar-refractivity contribution is -0.114. The summed E-state index contributed by atoms with van der Waals surface area (Å²) in [6.07, 6.45) is 0. The molecule has 3 aromatic rings. The van der Waals surface area contributed by atoms with Crippen LogP contribution in [0.15, 0.2) is 82.2 Å².